The van der Waals surface area contributed by atoms with Crippen molar-refractivity contribution in [1.82, 2.24) is 9.88 Å². The van der Waals surface area contributed by atoms with Gasteiger partial charge in [-0.3, -0.25) is 4.98 Å². The van der Waals surface area contributed by atoms with Gasteiger partial charge in [-0.1, -0.05) is 18.9 Å². The molecule has 0 bridgehead atoms. The van der Waals surface area contributed by atoms with Gasteiger partial charge >= 0.3 is 17.1 Å². The fraction of sp³-hybridized carbons (Fsp3) is 0.533. The van der Waals surface area contributed by atoms with Crippen molar-refractivity contribution in [3.05, 3.63) is 29.6 Å². The molecule has 0 saturated carbocycles. The van der Waals surface area contributed by atoms with Gasteiger partial charge in [0, 0.05) is 24.0 Å². The second-order valence-electron chi connectivity index (χ2n) is 5.13. The van der Waals surface area contributed by atoms with Crippen molar-refractivity contribution < 1.29 is 29.5 Å². The number of rotatable bonds is 2. The average molecular weight is 388 g/mol. The maximum Gasteiger partial charge on any atom is 2.00 e. The topological polar surface area (TPSA) is 40.9 Å². The molecule has 4 nitrogen and oxygen atoms in total. The van der Waals surface area contributed by atoms with E-state index in [9.17, 15) is 0 Å². The minimum absolute atomic E-state index is 0. The molecular weight excluding hydrogens is 367 g/mol. The van der Waals surface area contributed by atoms with Crippen molar-refractivity contribution in [1.29, 1.82) is 0 Å². The van der Waals surface area contributed by atoms with Gasteiger partial charge in [-0.2, -0.15) is 10.2 Å². The molecular formula is C15H21ClCuN4S. The largest absolute Gasteiger partial charge is 2.00 e. The van der Waals surface area contributed by atoms with Gasteiger partial charge in [0.2, 0.25) is 0 Å². The molecule has 1 radical (unpaired) electrons. The predicted molar refractivity (Wildman–Crippen MR) is 86.0 cm³/mol. The monoisotopic (exact) mass is 387 g/mol. The normalized spacial score (nSPS) is 16.4. The Morgan fingerprint density at radius 2 is 1.77 bits per heavy atom. The first-order chi connectivity index (χ1) is 9.66. The van der Waals surface area contributed by atoms with Gasteiger partial charge in [0.05, 0.1) is 11.4 Å². The smallest absolute Gasteiger partial charge is 1.00 e. The van der Waals surface area contributed by atoms with Crippen LogP contribution in [0.15, 0.2) is 28.4 Å². The number of aromatic nitrogens is 1. The Bertz CT molecular complexity index is 514. The standard InChI is InChI=1S/C15H22N4S.ClH.Cu/c1-12-8-7-9-14(16-12)13(2)17-18-15(20)19-10-5-3-4-6-11-19;;/h7-9H,3-6,10-11H2,1-2H3,(H,18,20);1H;/q;;+2/p-2/b17-13+;;. The molecule has 1 aromatic rings. The van der Waals surface area contributed by atoms with Crippen LogP contribution in [-0.4, -0.2) is 33.9 Å². The minimum atomic E-state index is 0. The molecule has 1 fully saturated rings. The molecule has 1 aliphatic heterocycles. The molecule has 0 N–H and O–H groups in total. The van der Waals surface area contributed by atoms with Crippen LogP contribution in [0.5, 0.6) is 0 Å². The van der Waals surface area contributed by atoms with Crippen LogP contribution in [0.4, 0.5) is 0 Å². The first-order valence-electron chi connectivity index (χ1n) is 7.15. The third kappa shape index (κ3) is 6.61. The summed E-state index contributed by atoms with van der Waals surface area (Å²) in [5.74, 6) is 0. The second-order valence-corrected chi connectivity index (χ2v) is 5.50. The van der Waals surface area contributed by atoms with Crippen molar-refractivity contribution in [2.24, 2.45) is 10.2 Å². The Morgan fingerprint density at radius 1 is 1.14 bits per heavy atom. The quantitative estimate of drug-likeness (QED) is 0.234. The molecule has 2 rings (SSSR count). The van der Waals surface area contributed by atoms with Crippen LogP contribution in [0.25, 0.3) is 0 Å². The van der Waals surface area contributed by atoms with Crippen LogP contribution in [0.2, 0.25) is 0 Å². The first-order valence-corrected chi connectivity index (χ1v) is 7.56. The van der Waals surface area contributed by atoms with Crippen molar-refractivity contribution >= 4 is 23.5 Å². The number of hydrogen-bond acceptors (Lipinski definition) is 4. The molecule has 0 amide bonds. The second kappa shape index (κ2) is 10.9. The molecule has 0 aliphatic carbocycles. The van der Waals surface area contributed by atoms with Crippen molar-refractivity contribution in [3.63, 3.8) is 0 Å². The number of nitrogens with zero attached hydrogens (tertiary/aromatic N) is 4. The van der Waals surface area contributed by atoms with Crippen LogP contribution in [0.1, 0.15) is 44.0 Å². The molecule has 1 saturated heterocycles. The van der Waals surface area contributed by atoms with Crippen LogP contribution in [0, 0.1) is 6.92 Å². The molecule has 2 heterocycles. The number of amidine groups is 1. The Morgan fingerprint density at radius 3 is 2.36 bits per heavy atom. The number of aryl methyl sites for hydroxylation is 1. The summed E-state index contributed by atoms with van der Waals surface area (Å²) in [5, 5.41) is 9.03. The van der Waals surface area contributed by atoms with E-state index in [1.807, 2.05) is 32.0 Å². The SMILES string of the molecule is C/C(=N\N=C(/[S-])N1CCCCCC1)c1cccc(C)n1.[Cl-].[Cu+2]. The van der Waals surface area contributed by atoms with E-state index in [0.29, 0.717) is 5.17 Å². The third-order valence-electron chi connectivity index (χ3n) is 3.42. The van der Waals surface area contributed by atoms with Gasteiger partial charge in [0.25, 0.3) is 0 Å². The predicted octanol–water partition coefficient (Wildman–Crippen LogP) is -0.106. The maximum absolute atomic E-state index is 5.36. The van der Waals surface area contributed by atoms with Crippen LogP contribution in [-0.2, 0) is 29.7 Å². The van der Waals surface area contributed by atoms with Crippen molar-refractivity contribution in [2.75, 3.05) is 13.1 Å². The minimum Gasteiger partial charge on any atom is -1.00 e. The number of hydrogen-bond donors (Lipinski definition) is 0. The zero-order chi connectivity index (χ0) is 14.4. The van der Waals surface area contributed by atoms with Gasteiger partial charge in [-0.25, -0.2) is 0 Å². The molecule has 125 valence electrons. The Balaban J connectivity index is 0.00000220. The van der Waals surface area contributed by atoms with E-state index in [1.54, 1.807) is 0 Å². The maximum atomic E-state index is 5.36. The number of pyridine rings is 1. The average Bonchev–Trinajstić information content (AvgIpc) is 2.73. The summed E-state index contributed by atoms with van der Waals surface area (Å²) in [5.41, 5.74) is 2.63. The summed E-state index contributed by atoms with van der Waals surface area (Å²) in [6, 6.07) is 5.88. The van der Waals surface area contributed by atoms with Crippen molar-refractivity contribution in [3.8, 4) is 0 Å². The van der Waals surface area contributed by atoms with Crippen LogP contribution < -0.4 is 12.4 Å². The van der Waals surface area contributed by atoms with Gasteiger partial charge in [0.1, 0.15) is 0 Å². The van der Waals surface area contributed by atoms with Crippen LogP contribution in [0.3, 0.4) is 0 Å². The molecule has 22 heavy (non-hydrogen) atoms. The molecule has 0 atom stereocenters. The van der Waals surface area contributed by atoms with E-state index in [2.05, 4.69) is 20.1 Å². The first kappa shape index (κ1) is 21.3. The Hall–Kier alpha value is -0.681. The molecule has 7 heteroatoms. The van der Waals surface area contributed by atoms with E-state index >= 15 is 0 Å². The summed E-state index contributed by atoms with van der Waals surface area (Å²) in [4.78, 5) is 6.59. The third-order valence-corrected chi connectivity index (χ3v) is 3.76. The summed E-state index contributed by atoms with van der Waals surface area (Å²) < 4.78 is 0. The summed E-state index contributed by atoms with van der Waals surface area (Å²) in [6.45, 7) is 5.88. The molecule has 0 aromatic carbocycles. The van der Waals surface area contributed by atoms with E-state index in [1.165, 1.54) is 25.7 Å². The van der Waals surface area contributed by atoms with Crippen LogP contribution >= 0.6 is 0 Å². The summed E-state index contributed by atoms with van der Waals surface area (Å²) in [7, 11) is 0. The fourth-order valence-corrected chi connectivity index (χ4v) is 2.46. The number of halogens is 1. The zero-order valence-electron chi connectivity index (χ0n) is 12.9. The number of likely N-dealkylation sites (tertiary alicyclic amines) is 1. The van der Waals surface area contributed by atoms with E-state index in [0.717, 1.165) is 30.2 Å². The van der Waals surface area contributed by atoms with E-state index in [4.69, 9.17) is 12.6 Å². The zero-order valence-corrected chi connectivity index (χ0v) is 15.4. The van der Waals surface area contributed by atoms with E-state index in [-0.39, 0.29) is 29.5 Å². The molecule has 0 unspecified atom stereocenters. The molecule has 1 aliphatic rings. The van der Waals surface area contributed by atoms with Gasteiger partial charge in [-0.05, 0) is 38.8 Å². The Kier molecular flexibility index (Phi) is 10.6. The summed E-state index contributed by atoms with van der Waals surface area (Å²) >= 11 is 5.36. The Labute approximate surface area is 155 Å². The summed E-state index contributed by atoms with van der Waals surface area (Å²) in [6.07, 6.45) is 4.96. The van der Waals surface area contributed by atoms with E-state index < -0.39 is 0 Å². The van der Waals surface area contributed by atoms with Gasteiger partial charge in [-0.15, -0.1) is 0 Å². The van der Waals surface area contributed by atoms with Gasteiger partial charge < -0.3 is 29.9 Å². The molecule has 0 spiro atoms. The van der Waals surface area contributed by atoms with Crippen molar-refractivity contribution in [2.45, 2.75) is 39.5 Å². The van der Waals surface area contributed by atoms with Gasteiger partial charge in [0.15, 0.2) is 0 Å². The molecule has 1 aromatic heterocycles. The fourth-order valence-electron chi connectivity index (χ4n) is 2.24.